The molecule has 0 N–H and O–H groups in total. The Labute approximate surface area is 181 Å². The second kappa shape index (κ2) is 6.98. The van der Waals surface area contributed by atoms with Gasteiger partial charge in [0.2, 0.25) is 0 Å². The summed E-state index contributed by atoms with van der Waals surface area (Å²) < 4.78 is 6.30. The van der Waals surface area contributed by atoms with E-state index in [1.54, 1.807) is 0 Å². The molecule has 29 heavy (non-hydrogen) atoms. The van der Waals surface area contributed by atoms with Crippen LogP contribution in [0.15, 0.2) is 0 Å². The van der Waals surface area contributed by atoms with Crippen molar-refractivity contribution in [1.29, 1.82) is 0 Å². The van der Waals surface area contributed by atoms with Gasteiger partial charge in [0.1, 0.15) is 0 Å². The molecule has 5 aliphatic rings. The van der Waals surface area contributed by atoms with E-state index in [0.29, 0.717) is 22.3 Å². The summed E-state index contributed by atoms with van der Waals surface area (Å²) in [6, 6.07) is 0. The molecule has 0 heterocycles. The molecule has 5 rings (SSSR count). The smallest absolute Gasteiger partial charge is 0.0638 e. The maximum atomic E-state index is 6.30. The first-order chi connectivity index (χ1) is 13.8. The number of rotatable bonds is 6. The normalized spacial score (nSPS) is 53.9. The van der Waals surface area contributed by atoms with E-state index in [-0.39, 0.29) is 0 Å². The molecule has 1 unspecified atom stereocenters. The lowest BCUT2D eigenvalue weighted by atomic mass is 9.45. The van der Waals surface area contributed by atoms with Crippen LogP contribution in [0.3, 0.4) is 0 Å². The van der Waals surface area contributed by atoms with Gasteiger partial charge in [0, 0.05) is 12.5 Å². The summed E-state index contributed by atoms with van der Waals surface area (Å²) >= 11 is 0. The maximum absolute atomic E-state index is 6.30. The van der Waals surface area contributed by atoms with E-state index >= 15 is 0 Å². The van der Waals surface area contributed by atoms with Gasteiger partial charge in [-0.1, -0.05) is 53.9 Å². The predicted octanol–water partition coefficient (Wildman–Crippen LogP) is 7.73. The molecule has 1 heteroatoms. The fourth-order valence-corrected chi connectivity index (χ4v) is 10.6. The van der Waals surface area contributed by atoms with Crippen LogP contribution in [-0.4, -0.2) is 13.2 Å². The van der Waals surface area contributed by atoms with E-state index in [1.165, 1.54) is 70.6 Å². The van der Waals surface area contributed by atoms with Crippen molar-refractivity contribution < 1.29 is 4.74 Å². The zero-order valence-electron chi connectivity index (χ0n) is 20.3. The van der Waals surface area contributed by atoms with Gasteiger partial charge >= 0.3 is 0 Å². The standard InChI is InChI=1S/C28H48O/c1-18(2)8-7-9-19(3)22-10-11-23-21-16-25(29-6)28-17-20(28)12-15-27(28,5)24(21)13-14-26(22,23)4/h18-25H,7-17H2,1-6H3/t19-,20-,21+,22-,23+,24+,25-,26-,27-,28?/m1/s1. The Morgan fingerprint density at radius 3 is 2.41 bits per heavy atom. The van der Waals surface area contributed by atoms with Crippen LogP contribution in [0.25, 0.3) is 0 Å². The Balaban J connectivity index is 1.35. The number of hydrogen-bond donors (Lipinski definition) is 0. The van der Waals surface area contributed by atoms with Crippen molar-refractivity contribution in [2.24, 2.45) is 57.7 Å². The van der Waals surface area contributed by atoms with Crippen LogP contribution >= 0.6 is 0 Å². The second-order valence-electron chi connectivity index (χ2n) is 13.3. The van der Waals surface area contributed by atoms with E-state index in [1.807, 2.05) is 7.11 Å². The first-order valence-electron chi connectivity index (χ1n) is 13.3. The van der Waals surface area contributed by atoms with E-state index in [9.17, 15) is 0 Å². The Bertz CT molecular complexity index is 626. The molecular weight excluding hydrogens is 352 g/mol. The van der Waals surface area contributed by atoms with Crippen LogP contribution in [0, 0.1) is 57.7 Å². The molecule has 0 aliphatic heterocycles. The van der Waals surface area contributed by atoms with Crippen LogP contribution in [0.1, 0.15) is 105 Å². The third-order valence-corrected chi connectivity index (χ3v) is 12.0. The second-order valence-corrected chi connectivity index (χ2v) is 13.3. The van der Waals surface area contributed by atoms with Crippen LogP contribution in [0.2, 0.25) is 0 Å². The van der Waals surface area contributed by atoms with Gasteiger partial charge < -0.3 is 4.74 Å². The van der Waals surface area contributed by atoms with Crippen molar-refractivity contribution in [3.8, 4) is 0 Å². The monoisotopic (exact) mass is 400 g/mol. The van der Waals surface area contributed by atoms with Crippen molar-refractivity contribution in [3.05, 3.63) is 0 Å². The first-order valence-corrected chi connectivity index (χ1v) is 13.3. The molecule has 0 bridgehead atoms. The summed E-state index contributed by atoms with van der Waals surface area (Å²) in [6.45, 7) is 12.8. The van der Waals surface area contributed by atoms with Crippen LogP contribution in [-0.2, 0) is 4.74 Å². The van der Waals surface area contributed by atoms with Crippen LogP contribution in [0.5, 0.6) is 0 Å². The highest BCUT2D eigenvalue weighted by Gasteiger charge is 2.77. The fourth-order valence-electron chi connectivity index (χ4n) is 10.6. The lowest BCUT2D eigenvalue weighted by Crippen LogP contribution is -2.57. The molecule has 0 amide bonds. The number of methoxy groups -OCH3 is 1. The fraction of sp³-hybridized carbons (Fsp3) is 1.00. The van der Waals surface area contributed by atoms with E-state index < -0.39 is 0 Å². The van der Waals surface area contributed by atoms with Gasteiger partial charge in [-0.25, -0.2) is 0 Å². The average molecular weight is 401 g/mol. The Morgan fingerprint density at radius 1 is 0.931 bits per heavy atom. The number of fused-ring (bicyclic) bond motifs is 4. The Kier molecular flexibility index (Phi) is 5.02. The molecule has 1 nitrogen and oxygen atoms in total. The summed E-state index contributed by atoms with van der Waals surface area (Å²) in [5.74, 6) is 6.68. The molecule has 0 aromatic heterocycles. The van der Waals surface area contributed by atoms with Crippen molar-refractivity contribution in [1.82, 2.24) is 0 Å². The molecule has 166 valence electrons. The highest BCUT2D eigenvalue weighted by molar-refractivity contribution is 5.26. The molecule has 0 radical (unpaired) electrons. The Morgan fingerprint density at radius 2 is 1.72 bits per heavy atom. The van der Waals surface area contributed by atoms with Gasteiger partial charge in [-0.15, -0.1) is 0 Å². The van der Waals surface area contributed by atoms with Crippen LogP contribution in [0.4, 0.5) is 0 Å². The highest BCUT2D eigenvalue weighted by Crippen LogP contribution is 2.82. The van der Waals surface area contributed by atoms with Crippen LogP contribution < -0.4 is 0 Å². The summed E-state index contributed by atoms with van der Waals surface area (Å²) in [5.41, 5.74) is 1.78. The minimum absolute atomic E-state index is 0.561. The molecule has 1 spiro atoms. The third-order valence-electron chi connectivity index (χ3n) is 12.0. The minimum atomic E-state index is 0.561. The number of hydrogen-bond acceptors (Lipinski definition) is 1. The van der Waals surface area contributed by atoms with Crippen molar-refractivity contribution >= 4 is 0 Å². The molecule has 5 fully saturated rings. The van der Waals surface area contributed by atoms with E-state index in [2.05, 4.69) is 34.6 Å². The molecule has 5 aliphatic carbocycles. The van der Waals surface area contributed by atoms with Gasteiger partial charge in [-0.3, -0.25) is 0 Å². The molecule has 5 saturated carbocycles. The van der Waals surface area contributed by atoms with Gasteiger partial charge in [0.05, 0.1) is 6.10 Å². The molecule has 10 atom stereocenters. The third kappa shape index (κ3) is 2.74. The maximum Gasteiger partial charge on any atom is 0.0638 e. The quantitative estimate of drug-likeness (QED) is 0.443. The zero-order valence-corrected chi connectivity index (χ0v) is 20.3. The summed E-state index contributed by atoms with van der Waals surface area (Å²) in [7, 11) is 2.03. The van der Waals surface area contributed by atoms with E-state index in [0.717, 1.165) is 41.4 Å². The first kappa shape index (κ1) is 20.8. The van der Waals surface area contributed by atoms with Crippen molar-refractivity contribution in [2.75, 3.05) is 7.11 Å². The Hall–Kier alpha value is -0.0400. The van der Waals surface area contributed by atoms with Crippen molar-refractivity contribution in [2.45, 2.75) is 111 Å². The van der Waals surface area contributed by atoms with E-state index in [4.69, 9.17) is 4.74 Å². The lowest BCUT2D eigenvalue weighted by molar-refractivity contribution is -0.161. The number of ether oxygens (including phenoxy) is 1. The topological polar surface area (TPSA) is 9.23 Å². The van der Waals surface area contributed by atoms with Crippen molar-refractivity contribution in [3.63, 3.8) is 0 Å². The lowest BCUT2D eigenvalue weighted by Gasteiger charge is -2.61. The summed E-state index contributed by atoms with van der Waals surface area (Å²) in [4.78, 5) is 0. The molecule has 0 aromatic rings. The van der Waals surface area contributed by atoms with Gasteiger partial charge in [0.15, 0.2) is 0 Å². The minimum Gasteiger partial charge on any atom is -0.381 e. The molecular formula is C28H48O. The SMILES string of the molecule is CO[C@@H]1C[C@H]2[C@@H]3CC[C@H]([C@H](C)CCCC(C)C)[C@@]3(C)CC[C@@H]2[C@@]2(C)CC[C@@H]3CC312. The molecule has 0 aromatic carbocycles. The molecule has 0 saturated heterocycles. The summed E-state index contributed by atoms with van der Waals surface area (Å²) in [5, 5.41) is 0. The average Bonchev–Trinajstić information content (AvgIpc) is 3.18. The highest BCUT2D eigenvalue weighted by atomic mass is 16.5. The van der Waals surface area contributed by atoms with Gasteiger partial charge in [-0.2, -0.15) is 0 Å². The summed E-state index contributed by atoms with van der Waals surface area (Å²) in [6.07, 6.45) is 16.8. The van der Waals surface area contributed by atoms with Gasteiger partial charge in [0.25, 0.3) is 0 Å². The van der Waals surface area contributed by atoms with Gasteiger partial charge in [-0.05, 0) is 104 Å². The predicted molar refractivity (Wildman–Crippen MR) is 122 cm³/mol. The largest absolute Gasteiger partial charge is 0.381 e. The zero-order chi connectivity index (χ0) is 20.6.